The fraction of sp³-hybridized carbons (Fsp3) is 0.455. The zero-order chi connectivity index (χ0) is 20.2. The fourth-order valence-electron chi connectivity index (χ4n) is 4.14. The number of furan rings is 1. The summed E-state index contributed by atoms with van der Waals surface area (Å²) in [6.07, 6.45) is 3.89. The number of aryl methyl sites for hydroxylation is 1. The number of carbonyl (C=O) groups excluding carboxylic acids is 1. The van der Waals surface area contributed by atoms with E-state index in [-0.39, 0.29) is 29.9 Å². The Balaban J connectivity index is 0.00000256. The quantitative estimate of drug-likeness (QED) is 0.381. The maximum absolute atomic E-state index is 12.4. The second-order valence-electron chi connectivity index (χ2n) is 7.65. The van der Waals surface area contributed by atoms with Crippen LogP contribution in [0.4, 0.5) is 5.69 Å². The van der Waals surface area contributed by atoms with E-state index in [9.17, 15) is 4.79 Å². The van der Waals surface area contributed by atoms with Crippen LogP contribution in [0.1, 0.15) is 28.1 Å². The van der Waals surface area contributed by atoms with E-state index in [1.807, 2.05) is 11.9 Å². The molecule has 0 spiro atoms. The van der Waals surface area contributed by atoms with E-state index in [1.165, 1.54) is 29.5 Å². The predicted molar refractivity (Wildman–Crippen MR) is 130 cm³/mol. The molecule has 2 aliphatic rings. The molecule has 1 amide bonds. The molecule has 2 aliphatic heterocycles. The molecule has 1 aromatic carbocycles. The minimum Gasteiger partial charge on any atom is -0.459 e. The number of rotatable bonds is 3. The number of nitrogens with one attached hydrogen (secondary N) is 1. The maximum Gasteiger partial charge on any atom is 0.289 e. The van der Waals surface area contributed by atoms with Gasteiger partial charge in [0.2, 0.25) is 0 Å². The summed E-state index contributed by atoms with van der Waals surface area (Å²) in [5.41, 5.74) is 4.05. The van der Waals surface area contributed by atoms with E-state index >= 15 is 0 Å². The van der Waals surface area contributed by atoms with Crippen molar-refractivity contribution in [3.8, 4) is 0 Å². The molecule has 30 heavy (non-hydrogen) atoms. The Bertz CT molecular complexity index is 876. The van der Waals surface area contributed by atoms with Crippen LogP contribution in [0.2, 0.25) is 0 Å². The Morgan fingerprint density at radius 1 is 1.13 bits per heavy atom. The lowest BCUT2D eigenvalue weighted by Crippen LogP contribution is -2.53. The van der Waals surface area contributed by atoms with Crippen LogP contribution in [0, 0.1) is 0 Å². The molecule has 0 bridgehead atoms. The lowest BCUT2D eigenvalue weighted by atomic mass is 9.99. The Kier molecular flexibility index (Phi) is 7.63. The van der Waals surface area contributed by atoms with Crippen molar-refractivity contribution in [2.24, 2.45) is 4.99 Å². The highest BCUT2D eigenvalue weighted by Crippen LogP contribution is 2.26. The first-order valence-electron chi connectivity index (χ1n) is 10.3. The van der Waals surface area contributed by atoms with Gasteiger partial charge in [0.1, 0.15) is 0 Å². The summed E-state index contributed by atoms with van der Waals surface area (Å²) in [6, 6.07) is 10.2. The average Bonchev–Trinajstić information content (AvgIpc) is 3.29. The molecule has 162 valence electrons. The number of fused-ring (bicyclic) bond motifs is 1. The van der Waals surface area contributed by atoms with Crippen molar-refractivity contribution >= 4 is 41.5 Å². The van der Waals surface area contributed by atoms with Crippen molar-refractivity contribution in [1.82, 2.24) is 15.1 Å². The average molecular weight is 523 g/mol. The number of benzene rings is 1. The van der Waals surface area contributed by atoms with Crippen LogP contribution in [0.5, 0.6) is 0 Å². The summed E-state index contributed by atoms with van der Waals surface area (Å²) < 4.78 is 5.23. The van der Waals surface area contributed by atoms with E-state index in [0.717, 1.165) is 38.6 Å². The van der Waals surface area contributed by atoms with Gasteiger partial charge in [0.25, 0.3) is 5.91 Å². The largest absolute Gasteiger partial charge is 0.459 e. The summed E-state index contributed by atoms with van der Waals surface area (Å²) >= 11 is 0. The van der Waals surface area contributed by atoms with E-state index in [1.54, 1.807) is 12.1 Å². The van der Waals surface area contributed by atoms with Gasteiger partial charge in [0, 0.05) is 59.1 Å². The van der Waals surface area contributed by atoms with Crippen molar-refractivity contribution in [3.63, 3.8) is 0 Å². The van der Waals surface area contributed by atoms with Crippen molar-refractivity contribution in [2.75, 3.05) is 51.7 Å². The van der Waals surface area contributed by atoms with Gasteiger partial charge in [-0.3, -0.25) is 9.79 Å². The third-order valence-corrected chi connectivity index (χ3v) is 5.76. The second-order valence-corrected chi connectivity index (χ2v) is 7.65. The lowest BCUT2D eigenvalue weighted by Gasteiger charge is -2.36. The van der Waals surface area contributed by atoms with Gasteiger partial charge >= 0.3 is 0 Å². The summed E-state index contributed by atoms with van der Waals surface area (Å²) in [6.45, 7) is 4.69. The summed E-state index contributed by atoms with van der Waals surface area (Å²) in [5, 5.41) is 3.49. The molecule has 0 unspecified atom stereocenters. The zero-order valence-electron chi connectivity index (χ0n) is 17.6. The van der Waals surface area contributed by atoms with Gasteiger partial charge in [0.15, 0.2) is 11.7 Å². The first-order valence-corrected chi connectivity index (χ1v) is 10.3. The number of piperazine rings is 1. The number of hydrogen-bond acceptors (Lipinski definition) is 4. The molecule has 0 atom stereocenters. The van der Waals surface area contributed by atoms with Gasteiger partial charge < -0.3 is 24.4 Å². The van der Waals surface area contributed by atoms with Gasteiger partial charge in [-0.2, -0.15) is 0 Å². The monoisotopic (exact) mass is 523 g/mol. The molecule has 8 heteroatoms. The minimum absolute atomic E-state index is 0. The van der Waals surface area contributed by atoms with E-state index < -0.39 is 0 Å². The molecule has 4 rings (SSSR count). The van der Waals surface area contributed by atoms with E-state index in [4.69, 9.17) is 4.42 Å². The molecule has 1 saturated heterocycles. The van der Waals surface area contributed by atoms with Gasteiger partial charge in [-0.1, -0.05) is 12.1 Å². The molecule has 7 nitrogen and oxygen atoms in total. The number of anilines is 1. The summed E-state index contributed by atoms with van der Waals surface area (Å²) in [4.78, 5) is 23.2. The topological polar surface area (TPSA) is 64.3 Å². The van der Waals surface area contributed by atoms with Crippen LogP contribution >= 0.6 is 24.0 Å². The van der Waals surface area contributed by atoms with Crippen LogP contribution in [0.25, 0.3) is 0 Å². The van der Waals surface area contributed by atoms with Crippen LogP contribution < -0.4 is 10.2 Å². The van der Waals surface area contributed by atoms with Crippen LogP contribution in [-0.2, 0) is 13.0 Å². The van der Waals surface area contributed by atoms with Crippen molar-refractivity contribution < 1.29 is 9.21 Å². The highest BCUT2D eigenvalue weighted by atomic mass is 127. The standard InChI is InChI=1S/C22H29N5O2.HI/c1-23-22(24-16-17-7-8-19-18(15-17)5-3-9-25(19)2)27-12-10-26(11-13-27)21(28)20-6-4-14-29-20;/h4,6-8,14-15H,3,5,9-13,16H2,1-2H3,(H,23,24);1H. The van der Waals surface area contributed by atoms with Crippen LogP contribution in [-0.4, -0.2) is 68.5 Å². The van der Waals surface area contributed by atoms with Crippen molar-refractivity contribution in [3.05, 3.63) is 53.5 Å². The molecular weight excluding hydrogens is 493 g/mol. The van der Waals surface area contributed by atoms with Gasteiger partial charge in [-0.05, 0) is 42.2 Å². The van der Waals surface area contributed by atoms with Gasteiger partial charge in [-0.25, -0.2) is 0 Å². The number of nitrogens with zero attached hydrogens (tertiary/aromatic N) is 4. The molecule has 0 radical (unpaired) electrons. The third kappa shape index (κ3) is 4.91. The second kappa shape index (κ2) is 10.2. The molecule has 3 heterocycles. The number of hydrogen-bond donors (Lipinski definition) is 1. The van der Waals surface area contributed by atoms with E-state index in [0.29, 0.717) is 18.8 Å². The molecular formula is C22H30IN5O2. The number of guanidine groups is 1. The van der Waals surface area contributed by atoms with Gasteiger partial charge in [-0.15, -0.1) is 24.0 Å². The number of halogens is 1. The zero-order valence-corrected chi connectivity index (χ0v) is 20.0. The number of carbonyl (C=O) groups is 1. The van der Waals surface area contributed by atoms with Crippen molar-refractivity contribution in [2.45, 2.75) is 19.4 Å². The first-order chi connectivity index (χ1) is 14.2. The Morgan fingerprint density at radius 2 is 1.90 bits per heavy atom. The predicted octanol–water partition coefficient (Wildman–Crippen LogP) is 2.81. The Labute approximate surface area is 195 Å². The number of aliphatic imine (C=N–C) groups is 1. The maximum atomic E-state index is 12.4. The highest BCUT2D eigenvalue weighted by Gasteiger charge is 2.25. The third-order valence-electron chi connectivity index (χ3n) is 5.76. The Morgan fingerprint density at radius 3 is 2.60 bits per heavy atom. The molecule has 1 aromatic heterocycles. The SMILES string of the molecule is CN=C(NCc1ccc2c(c1)CCCN2C)N1CCN(C(=O)c2ccco2)CC1.I. The van der Waals surface area contributed by atoms with Crippen molar-refractivity contribution in [1.29, 1.82) is 0 Å². The lowest BCUT2D eigenvalue weighted by molar-refractivity contribution is 0.0657. The Hall–Kier alpha value is -2.23. The molecule has 0 saturated carbocycles. The molecule has 2 aromatic rings. The normalized spacial score (nSPS) is 16.7. The number of amides is 1. The highest BCUT2D eigenvalue weighted by molar-refractivity contribution is 14.0. The van der Waals surface area contributed by atoms with Crippen LogP contribution in [0.3, 0.4) is 0 Å². The molecule has 1 fully saturated rings. The minimum atomic E-state index is -0.0448. The first kappa shape index (κ1) is 22.5. The van der Waals surface area contributed by atoms with E-state index in [2.05, 4.69) is 45.4 Å². The summed E-state index contributed by atoms with van der Waals surface area (Å²) in [7, 11) is 3.97. The molecule has 0 aliphatic carbocycles. The van der Waals surface area contributed by atoms with Crippen LogP contribution in [0.15, 0.2) is 46.0 Å². The molecule has 1 N–H and O–H groups in total. The fourth-order valence-corrected chi connectivity index (χ4v) is 4.14. The summed E-state index contributed by atoms with van der Waals surface area (Å²) in [5.74, 6) is 1.24. The van der Waals surface area contributed by atoms with Gasteiger partial charge in [0.05, 0.1) is 6.26 Å². The smallest absolute Gasteiger partial charge is 0.289 e.